The van der Waals surface area contributed by atoms with Gasteiger partial charge in [-0.2, -0.15) is 0 Å². The molecule has 115 heavy (non-hydrogen) atoms. The second-order valence-corrected chi connectivity index (χ2v) is 29.8. The maximum atomic E-state index is 5.01. The van der Waals surface area contributed by atoms with Gasteiger partial charge in [-0.25, -0.2) is 0 Å². The molecule has 0 fully saturated rings. The van der Waals surface area contributed by atoms with Crippen molar-refractivity contribution in [1.29, 1.82) is 0 Å². The summed E-state index contributed by atoms with van der Waals surface area (Å²) in [6.07, 6.45) is 50.1. The molecule has 11 rings (SSSR count). The van der Waals surface area contributed by atoms with Crippen LogP contribution in [0.15, 0.2) is 133 Å². The molecule has 1 aliphatic heterocycles. The highest BCUT2D eigenvalue weighted by Gasteiger charge is 2.43. The SMILES string of the molecule is C#CC#CC#CC#CC#CC#CC#CC#CC#CC#CC#CC#CC#CC#CC#CC#CC1(C)c2ccccc2-c2ccc(C3=c4ccc([nH]4)=Cc4ccc([nH]4)C(c4ccc5c(c4)C(CCCCCCCCCCCCCCCC)(CCCCCCCCCCCCCCCC)c4ccccc4-5)=c4ccc([nH]4)=Cc4ccc3[nH]4)cc21. The van der Waals surface area contributed by atoms with Gasteiger partial charge in [-0.15, -0.1) is 6.42 Å². The molecule has 4 N–H and O–H groups in total. The summed E-state index contributed by atoms with van der Waals surface area (Å²) < 4.78 is 0. The maximum absolute atomic E-state index is 5.01. The van der Waals surface area contributed by atoms with Crippen LogP contribution in [-0.4, -0.2) is 19.9 Å². The van der Waals surface area contributed by atoms with E-state index in [-0.39, 0.29) is 5.41 Å². The Labute approximate surface area is 686 Å². The van der Waals surface area contributed by atoms with Crippen molar-refractivity contribution in [2.45, 2.75) is 224 Å². The van der Waals surface area contributed by atoms with Crippen molar-refractivity contribution in [2.75, 3.05) is 0 Å². The molecule has 4 aromatic heterocycles. The lowest BCUT2D eigenvalue weighted by Crippen LogP contribution is -2.26. The number of nitrogens with one attached hydrogen (secondary N) is 4. The first-order valence-corrected chi connectivity index (χ1v) is 41.6. The lowest BCUT2D eigenvalue weighted by molar-refractivity contribution is 0.396. The van der Waals surface area contributed by atoms with Gasteiger partial charge in [0.1, 0.15) is 0 Å². The molecule has 0 saturated heterocycles. The average molecular weight is 1490 g/mol. The number of rotatable bonds is 32. The normalized spacial score (nSPS) is 12.3. The molecule has 8 aromatic rings. The quantitative estimate of drug-likeness (QED) is 0.0240. The number of fused-ring (bicyclic) bond motifs is 14. The third kappa shape index (κ3) is 24.0. The predicted molar refractivity (Wildman–Crippen MR) is 478 cm³/mol. The van der Waals surface area contributed by atoms with E-state index in [0.717, 1.165) is 83.1 Å². The van der Waals surface area contributed by atoms with E-state index in [2.05, 4.69) is 370 Å². The Morgan fingerprint density at radius 2 is 0.591 bits per heavy atom. The van der Waals surface area contributed by atoms with Crippen LogP contribution >= 0.6 is 0 Å². The smallest absolute Gasteiger partial charge is 0.0806 e. The summed E-state index contributed by atoms with van der Waals surface area (Å²) in [6.45, 7) is 6.80. The monoisotopic (exact) mass is 1490 g/mol. The van der Waals surface area contributed by atoms with Gasteiger partial charge >= 0.3 is 0 Å². The van der Waals surface area contributed by atoms with Crippen LogP contribution in [0, 0.1) is 190 Å². The molecule has 0 amide bonds. The molecule has 8 bridgehead atoms. The molecule has 1 unspecified atom stereocenters. The van der Waals surface area contributed by atoms with Crippen LogP contribution in [0.5, 0.6) is 0 Å². The van der Waals surface area contributed by atoms with Gasteiger partial charge in [0.05, 0.1) is 5.41 Å². The zero-order valence-electron chi connectivity index (χ0n) is 67.1. The van der Waals surface area contributed by atoms with E-state index in [0.29, 0.717) is 0 Å². The fraction of sp³-hybridized carbons (Fsp3) is 0.315. The fourth-order valence-electron chi connectivity index (χ4n) is 16.2. The molecular weight excluding hydrogens is 1390 g/mol. The minimum absolute atomic E-state index is 0.0525. The second-order valence-electron chi connectivity index (χ2n) is 29.8. The summed E-state index contributed by atoms with van der Waals surface area (Å²) in [5.41, 5.74) is 18.2. The van der Waals surface area contributed by atoms with Crippen LogP contribution in [0.25, 0.3) is 45.6 Å². The zero-order chi connectivity index (χ0) is 79.5. The van der Waals surface area contributed by atoms with Gasteiger partial charge in [-0.05, 0) is 243 Å². The molecule has 0 radical (unpaired) electrons. The van der Waals surface area contributed by atoms with Crippen LogP contribution in [0.4, 0.5) is 0 Å². The fourth-order valence-corrected chi connectivity index (χ4v) is 16.2. The Morgan fingerprint density at radius 3 is 0.974 bits per heavy atom. The van der Waals surface area contributed by atoms with Crippen molar-refractivity contribution in [3.05, 3.63) is 211 Å². The van der Waals surface area contributed by atoms with Crippen molar-refractivity contribution in [3.63, 3.8) is 0 Å². The number of H-pyrrole nitrogens is 4. The summed E-state index contributed by atoms with van der Waals surface area (Å²) in [5.74, 6) is 81.6. The Bertz CT molecular complexity index is 6160. The highest BCUT2D eigenvalue weighted by molar-refractivity contribution is 5.88. The van der Waals surface area contributed by atoms with Crippen molar-refractivity contribution < 1.29 is 0 Å². The summed E-state index contributed by atoms with van der Waals surface area (Å²) in [6, 6.07) is 50.0. The number of aromatic nitrogens is 4. The number of benzene rings is 4. The molecule has 4 aromatic carbocycles. The van der Waals surface area contributed by atoms with Crippen molar-refractivity contribution in [1.82, 2.24) is 19.9 Å². The van der Waals surface area contributed by atoms with E-state index >= 15 is 0 Å². The first kappa shape index (κ1) is 82.4. The Morgan fingerprint density at radius 1 is 0.278 bits per heavy atom. The van der Waals surface area contributed by atoms with Crippen LogP contribution < -0.4 is 21.4 Å². The molecule has 1 atom stereocenters. The topological polar surface area (TPSA) is 63.2 Å². The number of unbranched alkanes of at least 4 members (excludes halogenated alkanes) is 26. The van der Waals surface area contributed by atoms with Crippen molar-refractivity contribution in [3.8, 4) is 212 Å². The van der Waals surface area contributed by atoms with E-state index in [4.69, 9.17) is 6.42 Å². The standard InChI is InChI=1S/C111H98N4/c1-5-8-11-14-17-20-23-26-29-30-31-32-33-34-35-36-37-38-39-40-41-42-43-44-45-48-51-54-57-64-83-110(4)100-69-62-60-67-96(100)98-77-71-90(86-102(98)110)108-104-79-73-92(112-104)88-94-75-81-106(114-94)109(107-82-76-95(115-107)89-93-74-80-105(108)113-93)91-72-78-99-97-68-61-63-70-101(97)111(103(99)87-91,84-65-58-55-52-49-46-27-24-21-18-15-12-9-6-2)85-66-59-56-53-50-47-28-25-22-19-16-13-10-7-3/h1,60-63,67-82,86-89,112-115H,6-7,9-10,12-13,15-16,18-19,21-22,24-25,27-28,46-47,49-50,52-53,55-56,58-59,65-66,84-85H2,2-4H3. The van der Waals surface area contributed by atoms with Crippen LogP contribution in [0.2, 0.25) is 0 Å². The molecule has 562 valence electrons. The van der Waals surface area contributed by atoms with Gasteiger partial charge in [-0.3, -0.25) is 0 Å². The lowest BCUT2D eigenvalue weighted by atomic mass is 9.70. The van der Waals surface area contributed by atoms with Gasteiger partial charge in [0.15, 0.2) is 0 Å². The molecule has 0 saturated carbocycles. The van der Waals surface area contributed by atoms with Crippen molar-refractivity contribution >= 4 is 23.3 Å². The number of aromatic amines is 4. The van der Waals surface area contributed by atoms with Gasteiger partial charge in [0.2, 0.25) is 0 Å². The number of hydrogen-bond acceptors (Lipinski definition) is 0. The Hall–Kier alpha value is -13.6. The highest BCUT2D eigenvalue weighted by Crippen LogP contribution is 2.55. The number of hydrogen-bond donors (Lipinski definition) is 4. The summed E-state index contributed by atoms with van der Waals surface area (Å²) in [4.78, 5) is 15.6. The largest absolute Gasteiger partial charge is 0.355 e. The first-order chi connectivity index (χ1) is 56.9. The molecular formula is C111H98N4. The van der Waals surface area contributed by atoms with E-state index in [1.165, 1.54) is 215 Å². The summed E-state index contributed by atoms with van der Waals surface area (Å²) >= 11 is 0. The minimum atomic E-state index is -0.678. The number of terminal acetylenes is 1. The first-order valence-electron chi connectivity index (χ1n) is 41.6. The van der Waals surface area contributed by atoms with E-state index in [1.807, 2.05) is 0 Å². The highest BCUT2D eigenvalue weighted by atomic mass is 14.8. The van der Waals surface area contributed by atoms with Crippen LogP contribution in [0.3, 0.4) is 0 Å². The average Bonchev–Trinajstić information content (AvgIpc) is 1.58. The molecule has 2 aliphatic carbocycles. The summed E-state index contributed by atoms with van der Waals surface area (Å²) in [5, 5.41) is 4.05. The molecule has 3 aliphatic rings. The molecule has 4 heteroatoms. The molecule has 5 heterocycles. The zero-order valence-corrected chi connectivity index (χ0v) is 67.1. The Kier molecular flexibility index (Phi) is 32.7. The van der Waals surface area contributed by atoms with Gasteiger partial charge in [-0.1, -0.05) is 272 Å². The second kappa shape index (κ2) is 45.7. The summed E-state index contributed by atoms with van der Waals surface area (Å²) in [7, 11) is 0. The lowest BCUT2D eigenvalue weighted by Gasteiger charge is -2.33. The Balaban J connectivity index is 0.803. The minimum Gasteiger partial charge on any atom is -0.355 e. The van der Waals surface area contributed by atoms with Gasteiger partial charge in [0.25, 0.3) is 0 Å². The van der Waals surface area contributed by atoms with E-state index in [1.54, 1.807) is 5.56 Å². The third-order valence-corrected chi connectivity index (χ3v) is 21.7. The van der Waals surface area contributed by atoms with Crippen LogP contribution in [-0.2, 0) is 10.8 Å². The molecule has 4 nitrogen and oxygen atoms in total. The predicted octanol–water partition coefficient (Wildman–Crippen LogP) is 19.4. The maximum Gasteiger partial charge on any atom is 0.0806 e. The van der Waals surface area contributed by atoms with E-state index < -0.39 is 5.41 Å². The van der Waals surface area contributed by atoms with Gasteiger partial charge < -0.3 is 19.9 Å². The van der Waals surface area contributed by atoms with Gasteiger partial charge in [0, 0.05) is 144 Å². The van der Waals surface area contributed by atoms with Crippen LogP contribution in [0.1, 0.15) is 270 Å². The third-order valence-electron chi connectivity index (χ3n) is 21.7. The van der Waals surface area contributed by atoms with Crippen molar-refractivity contribution in [2.24, 2.45) is 0 Å². The van der Waals surface area contributed by atoms with E-state index in [9.17, 15) is 0 Å². The molecule has 0 spiro atoms.